The lowest BCUT2D eigenvalue weighted by atomic mass is 10.1. The quantitative estimate of drug-likeness (QED) is 0.723. The van der Waals surface area contributed by atoms with E-state index < -0.39 is 40.1 Å². The molecule has 176 valence electrons. The summed E-state index contributed by atoms with van der Waals surface area (Å²) in [5, 5.41) is 2.36. The maximum absolute atomic E-state index is 13.3. The van der Waals surface area contributed by atoms with E-state index in [-0.39, 0.29) is 21.8 Å². The van der Waals surface area contributed by atoms with Crippen molar-refractivity contribution in [2.75, 3.05) is 29.9 Å². The van der Waals surface area contributed by atoms with E-state index in [1.807, 2.05) is 0 Å². The number of alkyl halides is 3. The van der Waals surface area contributed by atoms with Crippen LogP contribution in [-0.2, 0) is 21.0 Å². The van der Waals surface area contributed by atoms with Crippen molar-refractivity contribution in [3.05, 3.63) is 53.1 Å². The Morgan fingerprint density at radius 3 is 2.39 bits per heavy atom. The van der Waals surface area contributed by atoms with E-state index in [9.17, 15) is 31.2 Å². The molecule has 1 N–H and O–H groups in total. The zero-order valence-corrected chi connectivity index (χ0v) is 18.6. The van der Waals surface area contributed by atoms with Gasteiger partial charge in [-0.2, -0.15) is 17.5 Å². The second-order valence-electron chi connectivity index (χ2n) is 8.11. The summed E-state index contributed by atoms with van der Waals surface area (Å²) in [6.45, 7) is 2.04. The van der Waals surface area contributed by atoms with Crippen LogP contribution in [0.25, 0.3) is 0 Å². The standard InChI is InChI=1S/C22H22F3N3O4S/c1-14-5-6-15(11-19(14)33(31,32)27-9-3-2-4-10-27)21(30)28-13-20(29)26-17-12-16(22(23,24)25)7-8-18(17)28/h5-8,11-12H,2-4,9-10,13H2,1H3,(H,26,29). The lowest BCUT2D eigenvalue weighted by Gasteiger charge is -2.30. The average molecular weight is 481 g/mol. The number of sulfonamides is 1. The molecule has 1 saturated heterocycles. The Bertz CT molecular complexity index is 1220. The average Bonchev–Trinajstić information content (AvgIpc) is 2.77. The van der Waals surface area contributed by atoms with E-state index in [0.29, 0.717) is 18.7 Å². The van der Waals surface area contributed by atoms with Crippen LogP contribution in [0, 0.1) is 6.92 Å². The van der Waals surface area contributed by atoms with Crippen molar-refractivity contribution in [2.24, 2.45) is 0 Å². The molecular weight excluding hydrogens is 459 g/mol. The van der Waals surface area contributed by atoms with Gasteiger partial charge in [0.2, 0.25) is 15.9 Å². The van der Waals surface area contributed by atoms with E-state index in [1.165, 1.54) is 22.5 Å². The van der Waals surface area contributed by atoms with Gasteiger partial charge in [0.25, 0.3) is 5.91 Å². The largest absolute Gasteiger partial charge is 0.416 e. The maximum atomic E-state index is 13.3. The van der Waals surface area contributed by atoms with Gasteiger partial charge in [-0.1, -0.05) is 12.5 Å². The van der Waals surface area contributed by atoms with Crippen molar-refractivity contribution in [1.82, 2.24) is 4.31 Å². The zero-order valence-electron chi connectivity index (χ0n) is 17.8. The number of nitrogens with zero attached hydrogens (tertiary/aromatic N) is 2. The number of anilines is 2. The summed E-state index contributed by atoms with van der Waals surface area (Å²) in [5.74, 6) is -1.33. The fraction of sp³-hybridized carbons (Fsp3) is 0.364. The molecule has 11 heteroatoms. The third-order valence-corrected chi connectivity index (χ3v) is 7.84. The first kappa shape index (κ1) is 23.2. The van der Waals surface area contributed by atoms with Crippen LogP contribution in [0.1, 0.15) is 40.7 Å². The molecule has 0 bridgehead atoms. The van der Waals surface area contributed by atoms with Crippen molar-refractivity contribution in [2.45, 2.75) is 37.3 Å². The molecule has 0 radical (unpaired) electrons. The summed E-state index contributed by atoms with van der Waals surface area (Å²) in [4.78, 5) is 26.5. The highest BCUT2D eigenvalue weighted by atomic mass is 32.2. The number of hydrogen-bond donors (Lipinski definition) is 1. The highest BCUT2D eigenvalue weighted by molar-refractivity contribution is 7.89. The van der Waals surface area contributed by atoms with Gasteiger partial charge in [0, 0.05) is 18.7 Å². The third-order valence-electron chi connectivity index (χ3n) is 5.80. The molecule has 0 spiro atoms. The fourth-order valence-corrected chi connectivity index (χ4v) is 5.83. The smallest absolute Gasteiger partial charge is 0.323 e. The second-order valence-corrected chi connectivity index (χ2v) is 10.0. The molecule has 0 saturated carbocycles. The van der Waals surface area contributed by atoms with Gasteiger partial charge in [0.15, 0.2) is 0 Å². The molecule has 0 aliphatic carbocycles. The Morgan fingerprint density at radius 2 is 1.73 bits per heavy atom. The van der Waals surface area contributed by atoms with Crippen LogP contribution in [0.4, 0.5) is 24.5 Å². The van der Waals surface area contributed by atoms with Gasteiger partial charge in [-0.15, -0.1) is 0 Å². The summed E-state index contributed by atoms with van der Waals surface area (Å²) in [7, 11) is -3.81. The molecule has 2 aliphatic heterocycles. The number of rotatable bonds is 3. The third kappa shape index (κ3) is 4.47. The molecule has 1 fully saturated rings. The lowest BCUT2D eigenvalue weighted by Crippen LogP contribution is -2.42. The van der Waals surface area contributed by atoms with E-state index in [0.717, 1.165) is 42.4 Å². The number of carbonyl (C=O) groups is 2. The van der Waals surface area contributed by atoms with Crippen LogP contribution in [-0.4, -0.2) is 44.2 Å². The molecular formula is C22H22F3N3O4S. The van der Waals surface area contributed by atoms with E-state index in [4.69, 9.17) is 0 Å². The number of amides is 2. The summed E-state index contributed by atoms with van der Waals surface area (Å²) < 4.78 is 66.9. The van der Waals surface area contributed by atoms with E-state index >= 15 is 0 Å². The monoisotopic (exact) mass is 481 g/mol. The minimum atomic E-state index is -4.61. The zero-order chi connectivity index (χ0) is 24.0. The molecule has 2 aromatic rings. The van der Waals surface area contributed by atoms with Crippen LogP contribution in [0.15, 0.2) is 41.3 Å². The highest BCUT2D eigenvalue weighted by Gasteiger charge is 2.35. The predicted octanol–water partition coefficient (Wildman–Crippen LogP) is 3.79. The molecule has 2 aromatic carbocycles. The molecule has 0 aromatic heterocycles. The number of piperidine rings is 1. The predicted molar refractivity (Wildman–Crippen MR) is 116 cm³/mol. The van der Waals surface area contributed by atoms with Gasteiger partial charge in [0.05, 0.1) is 21.8 Å². The highest BCUT2D eigenvalue weighted by Crippen LogP contribution is 2.37. The Hall–Kier alpha value is -2.92. The topological polar surface area (TPSA) is 86.8 Å². The lowest BCUT2D eigenvalue weighted by molar-refractivity contribution is -0.137. The number of benzene rings is 2. The van der Waals surface area contributed by atoms with Crippen LogP contribution in [0.2, 0.25) is 0 Å². The molecule has 0 atom stereocenters. The molecule has 4 rings (SSSR count). The normalized spacial score (nSPS) is 17.5. The Morgan fingerprint density at radius 1 is 1.03 bits per heavy atom. The van der Waals surface area contributed by atoms with Crippen LogP contribution in [0.5, 0.6) is 0 Å². The summed E-state index contributed by atoms with van der Waals surface area (Å²) in [6.07, 6.45) is -2.14. The minimum Gasteiger partial charge on any atom is -0.323 e. The fourth-order valence-electron chi connectivity index (χ4n) is 4.06. The number of aryl methyl sites for hydroxylation is 1. The van der Waals surface area contributed by atoms with Crippen LogP contribution in [0.3, 0.4) is 0 Å². The van der Waals surface area contributed by atoms with Gasteiger partial charge >= 0.3 is 6.18 Å². The van der Waals surface area contributed by atoms with Gasteiger partial charge in [0.1, 0.15) is 6.54 Å². The van der Waals surface area contributed by atoms with Crippen molar-refractivity contribution >= 4 is 33.2 Å². The number of hydrogen-bond acceptors (Lipinski definition) is 4. The molecule has 0 unspecified atom stereocenters. The first-order chi connectivity index (χ1) is 15.5. The van der Waals surface area contributed by atoms with Gasteiger partial charge in [-0.25, -0.2) is 8.42 Å². The van der Waals surface area contributed by atoms with Crippen LogP contribution < -0.4 is 10.2 Å². The SMILES string of the molecule is Cc1ccc(C(=O)N2CC(=O)Nc3cc(C(F)(F)F)ccc32)cc1S(=O)(=O)N1CCCCC1. The number of halogens is 3. The van der Waals surface area contributed by atoms with E-state index in [2.05, 4.69) is 5.32 Å². The molecule has 7 nitrogen and oxygen atoms in total. The maximum Gasteiger partial charge on any atom is 0.416 e. The van der Waals surface area contributed by atoms with Crippen molar-refractivity contribution in [3.8, 4) is 0 Å². The second kappa shape index (κ2) is 8.45. The van der Waals surface area contributed by atoms with Crippen molar-refractivity contribution in [1.29, 1.82) is 0 Å². The first-order valence-electron chi connectivity index (χ1n) is 10.4. The summed E-state index contributed by atoms with van der Waals surface area (Å²) >= 11 is 0. The first-order valence-corrected chi connectivity index (χ1v) is 11.9. The van der Waals surface area contributed by atoms with Gasteiger partial charge in [-0.05, 0) is 55.7 Å². The number of fused-ring (bicyclic) bond motifs is 1. The Labute approximate surface area is 189 Å². The summed E-state index contributed by atoms with van der Waals surface area (Å²) in [5.41, 5.74) is -0.488. The number of nitrogens with one attached hydrogen (secondary N) is 1. The Kier molecular flexibility index (Phi) is 5.95. The molecule has 2 heterocycles. The minimum absolute atomic E-state index is 0.00403. The molecule has 2 amide bonds. The molecule has 33 heavy (non-hydrogen) atoms. The van der Waals surface area contributed by atoms with Crippen molar-refractivity contribution in [3.63, 3.8) is 0 Å². The van der Waals surface area contributed by atoms with E-state index in [1.54, 1.807) is 6.92 Å². The number of carbonyl (C=O) groups excluding carboxylic acids is 2. The van der Waals surface area contributed by atoms with Crippen LogP contribution >= 0.6 is 0 Å². The molecule has 2 aliphatic rings. The summed E-state index contributed by atoms with van der Waals surface area (Å²) in [6, 6.07) is 6.96. The van der Waals surface area contributed by atoms with Gasteiger partial charge in [-0.3, -0.25) is 14.5 Å². The van der Waals surface area contributed by atoms with Crippen molar-refractivity contribution < 1.29 is 31.2 Å². The Balaban J connectivity index is 1.71. The van der Waals surface area contributed by atoms with Gasteiger partial charge < -0.3 is 5.32 Å².